The fourth-order valence-electron chi connectivity index (χ4n) is 6.74. The van der Waals surface area contributed by atoms with Gasteiger partial charge >= 0.3 is 43.4 Å². The summed E-state index contributed by atoms with van der Waals surface area (Å²) in [5.41, 5.74) is -0.594. The predicted octanol–water partition coefficient (Wildman–Crippen LogP) is 3.47. The maximum absolute atomic E-state index is 13.9. The zero-order valence-corrected chi connectivity index (χ0v) is 35.5. The van der Waals surface area contributed by atoms with E-state index in [0.717, 1.165) is 0 Å². The number of aryl methyl sites for hydroxylation is 1. The zero-order valence-electron chi connectivity index (χ0n) is 32.6. The van der Waals surface area contributed by atoms with Crippen LogP contribution in [0.3, 0.4) is 0 Å². The van der Waals surface area contributed by atoms with Crippen LogP contribution in [0.2, 0.25) is 0 Å². The molecule has 0 fully saturated rings. The minimum absolute atomic E-state index is 0. The molecule has 0 radical (unpaired) electrons. The number of carbonyl (C=O) groups excluding carboxylic acids is 5. The Kier molecular flexibility index (Phi) is 12.9. The van der Waals surface area contributed by atoms with Gasteiger partial charge in [-0.2, -0.15) is 0 Å². The van der Waals surface area contributed by atoms with E-state index in [0.29, 0.717) is 44.7 Å². The molecule has 2 atom stereocenters. The van der Waals surface area contributed by atoms with Gasteiger partial charge in [0.2, 0.25) is 0 Å². The van der Waals surface area contributed by atoms with Crippen molar-refractivity contribution in [2.75, 3.05) is 35.5 Å². The van der Waals surface area contributed by atoms with Crippen LogP contribution in [-0.2, 0) is 91.8 Å². The van der Waals surface area contributed by atoms with Gasteiger partial charge in [0, 0.05) is 20.0 Å². The number of fused-ring (bicyclic) bond motifs is 8. The molecule has 2 unspecified atom stereocenters. The molecule has 0 saturated carbocycles. The molecular formula is C39H44N4O11Zn. The SMILES string of the molecule is COC(=O)CCC1=C(CC(=O)OC)c2cc3[n-]c(cc4nc(cc5[n-]c(cc1n2)c(CCC(=O)OC)c5CC(=O)OC)C(C)(C)C4=O)C(C)(O)C3(C)OC.[Zn+2]. The summed E-state index contributed by atoms with van der Waals surface area (Å²) in [6.45, 7) is 6.57. The van der Waals surface area contributed by atoms with E-state index >= 15 is 0 Å². The molecule has 5 rings (SSSR count). The van der Waals surface area contributed by atoms with Crippen molar-refractivity contribution in [2.24, 2.45) is 0 Å². The minimum atomic E-state index is -1.78. The predicted molar refractivity (Wildman–Crippen MR) is 192 cm³/mol. The van der Waals surface area contributed by atoms with Gasteiger partial charge in [-0.1, -0.05) is 23.8 Å². The molecule has 16 heteroatoms. The van der Waals surface area contributed by atoms with Gasteiger partial charge in [0.05, 0.1) is 69.4 Å². The number of aliphatic hydroxyl groups is 1. The molecule has 55 heavy (non-hydrogen) atoms. The second-order valence-electron chi connectivity index (χ2n) is 13.9. The average molecular weight is 810 g/mol. The second kappa shape index (κ2) is 16.5. The van der Waals surface area contributed by atoms with Gasteiger partial charge in [-0.3, -0.25) is 24.0 Å². The summed E-state index contributed by atoms with van der Waals surface area (Å²) < 4.78 is 25.8. The summed E-state index contributed by atoms with van der Waals surface area (Å²) in [7, 11) is 6.47. The van der Waals surface area contributed by atoms with Gasteiger partial charge in [-0.05, 0) is 63.3 Å². The summed E-state index contributed by atoms with van der Waals surface area (Å²) in [4.78, 5) is 83.9. The Morgan fingerprint density at radius 1 is 0.655 bits per heavy atom. The largest absolute Gasteiger partial charge is 2.00 e. The van der Waals surface area contributed by atoms with Crippen LogP contribution in [0.4, 0.5) is 0 Å². The van der Waals surface area contributed by atoms with E-state index in [9.17, 15) is 29.1 Å². The standard InChI is InChI=1S/C39H45N4O11.Zn/c1-37(2)29-17-26-22(14-34(46)52-7)20(10-12-32(44)50-5)24(40-26)16-25-21(11-13-33(45)51-6)23(15-35(47)53-8)27(41-25)18-31-39(4,54-9)38(3,49)30(43-31)19-28(42-29)36(37)48;/h16-19,49H,10-15H2,1-9H3,(H-,40,41,42,43,48);/q-1;+2/p-1. The van der Waals surface area contributed by atoms with Crippen LogP contribution in [0.1, 0.15) is 103 Å². The van der Waals surface area contributed by atoms with E-state index < -0.39 is 40.5 Å². The number of ether oxygens (including phenoxy) is 5. The van der Waals surface area contributed by atoms with Crippen molar-refractivity contribution in [3.63, 3.8) is 0 Å². The number of allylic oxidation sites excluding steroid dienone is 1. The molecule has 0 aromatic carbocycles. The number of ketones is 1. The third-order valence-corrected chi connectivity index (χ3v) is 10.5. The molecule has 0 saturated heterocycles. The molecule has 2 aromatic heterocycles. The molecule has 8 bridgehead atoms. The van der Waals surface area contributed by atoms with Gasteiger partial charge in [-0.25, -0.2) is 9.97 Å². The molecule has 288 valence electrons. The molecule has 3 aliphatic rings. The number of nitrogens with zero attached hydrogens (tertiary/aromatic N) is 4. The molecule has 3 aliphatic heterocycles. The van der Waals surface area contributed by atoms with Gasteiger partial charge in [-0.15, -0.1) is 22.4 Å². The first kappa shape index (κ1) is 42.9. The third kappa shape index (κ3) is 7.98. The first-order valence-corrected chi connectivity index (χ1v) is 17.2. The average Bonchev–Trinajstić information content (AvgIpc) is 3.76. The smallest absolute Gasteiger partial charge is 0.660 e. The van der Waals surface area contributed by atoms with Crippen LogP contribution in [0, 0.1) is 0 Å². The fraction of sp³-hybridized carbons (Fsp3) is 0.462. The summed E-state index contributed by atoms with van der Waals surface area (Å²) in [5, 5.41) is 12.0. The Hall–Kier alpha value is -4.79. The van der Waals surface area contributed by atoms with E-state index in [4.69, 9.17) is 43.6 Å². The third-order valence-electron chi connectivity index (χ3n) is 10.5. The molecule has 0 aliphatic carbocycles. The van der Waals surface area contributed by atoms with Gasteiger partial charge in [0.15, 0.2) is 5.78 Å². The minimum Gasteiger partial charge on any atom is -0.660 e. The summed E-state index contributed by atoms with van der Waals surface area (Å²) in [5.74, 6) is -2.50. The molecular weight excluding hydrogens is 766 g/mol. The number of carbonyl (C=O) groups is 5. The number of Topliss-reactive ketones (excluding diaryl/α,β-unsaturated/α-hetero) is 1. The van der Waals surface area contributed by atoms with Gasteiger partial charge in [0.1, 0.15) is 11.3 Å². The van der Waals surface area contributed by atoms with E-state index in [1.165, 1.54) is 48.5 Å². The van der Waals surface area contributed by atoms with Crippen molar-refractivity contribution in [3.05, 3.63) is 69.6 Å². The van der Waals surface area contributed by atoms with Crippen molar-refractivity contribution in [3.8, 4) is 0 Å². The maximum Gasteiger partial charge on any atom is 2.00 e. The summed E-state index contributed by atoms with van der Waals surface area (Å²) >= 11 is 0. The zero-order chi connectivity index (χ0) is 39.7. The van der Waals surface area contributed by atoms with Crippen LogP contribution in [0.5, 0.6) is 0 Å². The van der Waals surface area contributed by atoms with Crippen LogP contribution in [-0.4, -0.2) is 80.3 Å². The number of hydrogen-bond donors (Lipinski definition) is 1. The summed E-state index contributed by atoms with van der Waals surface area (Å²) in [6, 6.07) is 6.27. The normalized spacial score (nSPS) is 19.3. The number of hydrogen-bond acceptors (Lipinski definition) is 13. The Labute approximate surface area is 331 Å². The number of methoxy groups -OCH3 is 5. The molecule has 2 aromatic rings. The van der Waals surface area contributed by atoms with Crippen molar-refractivity contribution < 1.29 is 72.2 Å². The summed E-state index contributed by atoms with van der Waals surface area (Å²) in [6.07, 6.45) is -0.390. The van der Waals surface area contributed by atoms with Crippen LogP contribution in [0.15, 0.2) is 24.3 Å². The number of esters is 4. The molecule has 1 N–H and O–H groups in total. The van der Waals surface area contributed by atoms with E-state index in [1.54, 1.807) is 39.0 Å². The van der Waals surface area contributed by atoms with Crippen LogP contribution >= 0.6 is 0 Å². The monoisotopic (exact) mass is 808 g/mol. The molecule has 15 nitrogen and oxygen atoms in total. The Balaban J connectivity index is 0.00000673. The quantitative estimate of drug-likeness (QED) is 0.196. The van der Waals surface area contributed by atoms with Crippen LogP contribution < -0.4 is 9.97 Å². The van der Waals surface area contributed by atoms with E-state index in [1.807, 2.05) is 0 Å². The molecule has 0 spiro atoms. The topological polar surface area (TPSA) is 206 Å². The molecule has 0 amide bonds. The molecule has 5 heterocycles. The van der Waals surface area contributed by atoms with E-state index in [-0.39, 0.29) is 86.6 Å². The fourth-order valence-corrected chi connectivity index (χ4v) is 6.74. The second-order valence-corrected chi connectivity index (χ2v) is 13.9. The van der Waals surface area contributed by atoms with Crippen molar-refractivity contribution >= 4 is 51.8 Å². The first-order valence-electron chi connectivity index (χ1n) is 17.2. The van der Waals surface area contributed by atoms with Crippen LogP contribution in [0.25, 0.3) is 22.2 Å². The maximum atomic E-state index is 13.9. The van der Waals surface area contributed by atoms with Crippen molar-refractivity contribution in [2.45, 2.75) is 82.8 Å². The Bertz CT molecular complexity index is 2150. The van der Waals surface area contributed by atoms with E-state index in [2.05, 4.69) is 0 Å². The number of rotatable bonds is 11. The Morgan fingerprint density at radius 2 is 1.20 bits per heavy atom. The number of aromatic nitrogens is 4. The van der Waals surface area contributed by atoms with Crippen molar-refractivity contribution in [1.82, 2.24) is 19.9 Å². The first-order chi connectivity index (χ1) is 25.4. The van der Waals surface area contributed by atoms with Crippen molar-refractivity contribution in [1.29, 1.82) is 0 Å². The van der Waals surface area contributed by atoms with Gasteiger partial charge in [0.25, 0.3) is 0 Å². The van der Waals surface area contributed by atoms with Gasteiger partial charge < -0.3 is 38.8 Å². The Morgan fingerprint density at radius 3 is 1.80 bits per heavy atom.